The molecule has 0 fully saturated rings. The molecule has 0 aromatic heterocycles. The van der Waals surface area contributed by atoms with E-state index in [1.54, 1.807) is 24.3 Å². The monoisotopic (exact) mass is 222 g/mol. The lowest BCUT2D eigenvalue weighted by molar-refractivity contribution is 0.584. The smallest absolute Gasteiger partial charge is 0.126 e. The normalized spacial score (nSPS) is 10.3. The van der Waals surface area contributed by atoms with Crippen LogP contribution < -0.4 is 0 Å². The zero-order chi connectivity index (χ0) is 10.8. The Morgan fingerprint density at radius 2 is 1.27 bits per heavy atom. The Hall–Kier alpha value is -1.35. The molecule has 2 aromatic rings. The number of hydrogen-bond donors (Lipinski definition) is 1. The second kappa shape index (κ2) is 4.03. The fraction of sp³-hybridized carbons (Fsp3) is 0. The van der Waals surface area contributed by atoms with Crippen LogP contribution in [0.1, 0.15) is 0 Å². The van der Waals surface area contributed by atoms with Gasteiger partial charge in [0.05, 0.1) is 0 Å². The lowest BCUT2D eigenvalue weighted by Gasteiger charge is -2.02. The summed E-state index contributed by atoms with van der Waals surface area (Å²) < 4.78 is 25.9. The third-order valence-corrected chi connectivity index (χ3v) is 2.36. The molecule has 0 heterocycles. The van der Waals surface area contributed by atoms with Gasteiger partial charge < -0.3 is 0 Å². The highest BCUT2D eigenvalue weighted by atomic mass is 32.1. The van der Waals surface area contributed by atoms with E-state index in [0.717, 1.165) is 16.5 Å². The first-order valence-corrected chi connectivity index (χ1v) is 4.85. The van der Waals surface area contributed by atoms with Gasteiger partial charge in [-0.05, 0) is 35.4 Å². The van der Waals surface area contributed by atoms with Gasteiger partial charge in [-0.1, -0.05) is 12.1 Å². The second-order valence-electron chi connectivity index (χ2n) is 3.20. The van der Waals surface area contributed by atoms with Gasteiger partial charge in [0.2, 0.25) is 0 Å². The van der Waals surface area contributed by atoms with Gasteiger partial charge in [0, 0.05) is 11.0 Å². The summed E-state index contributed by atoms with van der Waals surface area (Å²) >= 11 is 4.14. The molecule has 0 amide bonds. The molecule has 0 atom stereocenters. The number of thiol groups is 1. The van der Waals surface area contributed by atoms with Crippen molar-refractivity contribution >= 4 is 12.6 Å². The van der Waals surface area contributed by atoms with E-state index in [1.807, 2.05) is 0 Å². The lowest BCUT2D eigenvalue weighted by Crippen LogP contribution is -1.83. The highest BCUT2D eigenvalue weighted by Crippen LogP contribution is 2.22. The maximum absolute atomic E-state index is 12.9. The SMILES string of the molecule is Fc1cc(F)cc(-c2ccc(S)cc2)c1. The molecular weight excluding hydrogens is 214 g/mol. The van der Waals surface area contributed by atoms with E-state index >= 15 is 0 Å². The van der Waals surface area contributed by atoms with Crippen LogP contribution >= 0.6 is 12.6 Å². The van der Waals surface area contributed by atoms with E-state index in [2.05, 4.69) is 12.6 Å². The molecule has 0 unspecified atom stereocenters. The summed E-state index contributed by atoms with van der Waals surface area (Å²) in [5.74, 6) is -1.14. The number of hydrogen-bond acceptors (Lipinski definition) is 1. The molecule has 0 N–H and O–H groups in total. The lowest BCUT2D eigenvalue weighted by atomic mass is 10.1. The van der Waals surface area contributed by atoms with Crippen LogP contribution in [-0.4, -0.2) is 0 Å². The van der Waals surface area contributed by atoms with Crippen molar-refractivity contribution in [2.24, 2.45) is 0 Å². The van der Waals surface area contributed by atoms with E-state index in [1.165, 1.54) is 12.1 Å². The first-order chi connectivity index (χ1) is 7.15. The van der Waals surface area contributed by atoms with Crippen molar-refractivity contribution in [3.05, 3.63) is 54.1 Å². The van der Waals surface area contributed by atoms with Crippen molar-refractivity contribution in [3.63, 3.8) is 0 Å². The first-order valence-electron chi connectivity index (χ1n) is 4.40. The Bertz CT molecular complexity index is 457. The number of halogens is 2. The Balaban J connectivity index is 2.49. The molecule has 2 aromatic carbocycles. The minimum atomic E-state index is -0.569. The molecule has 0 bridgehead atoms. The Morgan fingerprint density at radius 1 is 0.733 bits per heavy atom. The van der Waals surface area contributed by atoms with Crippen molar-refractivity contribution in [2.45, 2.75) is 4.90 Å². The number of rotatable bonds is 1. The average Bonchev–Trinajstić information content (AvgIpc) is 2.17. The Morgan fingerprint density at radius 3 is 1.80 bits per heavy atom. The molecule has 15 heavy (non-hydrogen) atoms. The van der Waals surface area contributed by atoms with Crippen molar-refractivity contribution in [1.29, 1.82) is 0 Å². The molecule has 3 heteroatoms. The van der Waals surface area contributed by atoms with Crippen molar-refractivity contribution in [1.82, 2.24) is 0 Å². The van der Waals surface area contributed by atoms with Crippen LogP contribution in [0, 0.1) is 11.6 Å². The fourth-order valence-electron chi connectivity index (χ4n) is 1.37. The third kappa shape index (κ3) is 2.36. The van der Waals surface area contributed by atoms with Crippen LogP contribution in [0.4, 0.5) is 8.78 Å². The van der Waals surface area contributed by atoms with E-state index in [0.29, 0.717) is 5.56 Å². The molecule has 0 radical (unpaired) electrons. The van der Waals surface area contributed by atoms with Crippen molar-refractivity contribution < 1.29 is 8.78 Å². The molecule has 2 rings (SSSR count). The van der Waals surface area contributed by atoms with Gasteiger partial charge in [-0.2, -0.15) is 0 Å². The summed E-state index contributed by atoms with van der Waals surface area (Å²) in [6, 6.07) is 10.6. The molecule has 76 valence electrons. The van der Waals surface area contributed by atoms with Crippen LogP contribution in [0.2, 0.25) is 0 Å². The maximum atomic E-state index is 12.9. The van der Waals surface area contributed by atoms with Crippen LogP contribution in [-0.2, 0) is 0 Å². The minimum absolute atomic E-state index is 0.529. The average molecular weight is 222 g/mol. The molecule has 0 saturated heterocycles. The number of benzene rings is 2. The van der Waals surface area contributed by atoms with E-state index in [9.17, 15) is 8.78 Å². The predicted octanol–water partition coefficient (Wildman–Crippen LogP) is 3.92. The fourth-order valence-corrected chi connectivity index (χ4v) is 1.52. The summed E-state index contributed by atoms with van der Waals surface area (Å²) in [4.78, 5) is 0.815. The molecule has 0 aliphatic heterocycles. The predicted molar refractivity (Wildman–Crippen MR) is 59.0 cm³/mol. The van der Waals surface area contributed by atoms with Gasteiger partial charge in [-0.15, -0.1) is 12.6 Å². The van der Waals surface area contributed by atoms with Gasteiger partial charge in [0.15, 0.2) is 0 Å². The molecule has 0 nitrogen and oxygen atoms in total. The van der Waals surface area contributed by atoms with Crippen LogP contribution in [0.3, 0.4) is 0 Å². The molecule has 0 spiro atoms. The molecular formula is C12H8F2S. The van der Waals surface area contributed by atoms with Crippen molar-refractivity contribution in [3.8, 4) is 11.1 Å². The second-order valence-corrected chi connectivity index (χ2v) is 3.72. The van der Waals surface area contributed by atoms with Gasteiger partial charge >= 0.3 is 0 Å². The summed E-state index contributed by atoms with van der Waals surface area (Å²) in [5.41, 5.74) is 1.30. The van der Waals surface area contributed by atoms with E-state index in [4.69, 9.17) is 0 Å². The summed E-state index contributed by atoms with van der Waals surface area (Å²) in [6.45, 7) is 0. The van der Waals surface area contributed by atoms with E-state index < -0.39 is 11.6 Å². The van der Waals surface area contributed by atoms with Gasteiger partial charge in [0.25, 0.3) is 0 Å². The van der Waals surface area contributed by atoms with Crippen LogP contribution in [0.25, 0.3) is 11.1 Å². The topological polar surface area (TPSA) is 0 Å². The van der Waals surface area contributed by atoms with Gasteiger partial charge in [-0.3, -0.25) is 0 Å². The maximum Gasteiger partial charge on any atom is 0.126 e. The zero-order valence-corrected chi connectivity index (χ0v) is 8.64. The van der Waals surface area contributed by atoms with Gasteiger partial charge in [-0.25, -0.2) is 8.78 Å². The van der Waals surface area contributed by atoms with Crippen molar-refractivity contribution in [2.75, 3.05) is 0 Å². The van der Waals surface area contributed by atoms with Crippen LogP contribution in [0.15, 0.2) is 47.4 Å². The highest BCUT2D eigenvalue weighted by Gasteiger charge is 2.02. The third-order valence-electron chi connectivity index (χ3n) is 2.06. The Labute approximate surface area is 92.0 Å². The largest absolute Gasteiger partial charge is 0.207 e. The first kappa shape index (κ1) is 10.2. The van der Waals surface area contributed by atoms with Crippen LogP contribution in [0.5, 0.6) is 0 Å². The Kier molecular flexibility index (Phi) is 2.73. The summed E-state index contributed by atoms with van der Waals surface area (Å²) in [7, 11) is 0. The summed E-state index contributed by atoms with van der Waals surface area (Å²) in [5, 5.41) is 0. The highest BCUT2D eigenvalue weighted by molar-refractivity contribution is 7.80. The molecule has 0 aliphatic carbocycles. The molecule has 0 saturated carbocycles. The minimum Gasteiger partial charge on any atom is -0.207 e. The summed E-state index contributed by atoms with van der Waals surface area (Å²) in [6.07, 6.45) is 0. The van der Waals surface area contributed by atoms with E-state index in [-0.39, 0.29) is 0 Å². The van der Waals surface area contributed by atoms with Gasteiger partial charge in [0.1, 0.15) is 11.6 Å². The quantitative estimate of drug-likeness (QED) is 0.694. The molecule has 0 aliphatic rings. The zero-order valence-electron chi connectivity index (χ0n) is 7.74. The standard InChI is InChI=1S/C12H8F2S/c13-10-5-9(6-11(14)7-10)8-1-3-12(15)4-2-8/h1-7,15H.